The Kier molecular flexibility index (Phi) is 5.84. The van der Waals surface area contributed by atoms with Crippen molar-refractivity contribution in [3.8, 4) is 0 Å². The van der Waals surface area contributed by atoms with Gasteiger partial charge in [-0.15, -0.1) is 0 Å². The summed E-state index contributed by atoms with van der Waals surface area (Å²) in [5.74, 6) is 0.196. The van der Waals surface area contributed by atoms with Crippen LogP contribution in [0.3, 0.4) is 0 Å². The van der Waals surface area contributed by atoms with E-state index in [-0.39, 0.29) is 12.2 Å². The monoisotopic (exact) mass is 302 g/mol. The summed E-state index contributed by atoms with van der Waals surface area (Å²) in [7, 11) is -2.45. The molecule has 0 aromatic heterocycles. The Hall–Kier alpha value is 0.1000. The smallest absolute Gasteiger partial charge is 0.198 e. The predicted octanol–water partition coefficient (Wildman–Crippen LogP) is -2.09. The molecule has 1 saturated heterocycles. The number of hydrogen-bond donors (Lipinski definition) is 4. The molecule has 1 aliphatic heterocycles. The topological polar surface area (TPSA) is 124 Å². The lowest BCUT2D eigenvalue weighted by Crippen LogP contribution is -2.58. The van der Waals surface area contributed by atoms with Crippen LogP contribution in [0.15, 0.2) is 0 Å². The zero-order valence-corrected chi connectivity index (χ0v) is 11.5. The lowest BCUT2D eigenvalue weighted by Gasteiger charge is -2.40. The van der Waals surface area contributed by atoms with E-state index in [9.17, 15) is 23.7 Å². The molecular formula is C9H18O7S2. The molecule has 9 heteroatoms. The molecular weight excluding hydrogens is 284 g/mol. The van der Waals surface area contributed by atoms with Gasteiger partial charge in [-0.05, 0) is 17.2 Å². The Morgan fingerprint density at radius 3 is 2.17 bits per heavy atom. The minimum Gasteiger partial charge on any atom is -0.394 e. The first-order valence-corrected chi connectivity index (χ1v) is 8.80. The maximum atomic E-state index is 10.9. The molecule has 4 N–H and O–H groups in total. The molecule has 0 amide bonds. The van der Waals surface area contributed by atoms with Crippen molar-refractivity contribution in [2.24, 2.45) is 0 Å². The predicted molar refractivity (Wildman–Crippen MR) is 65.7 cm³/mol. The molecule has 108 valence electrons. The van der Waals surface area contributed by atoms with E-state index in [4.69, 9.17) is 9.84 Å². The van der Waals surface area contributed by atoms with E-state index >= 15 is 0 Å². The van der Waals surface area contributed by atoms with Gasteiger partial charge < -0.3 is 25.2 Å². The summed E-state index contributed by atoms with van der Waals surface area (Å²) in [4.78, 5) is 0. The van der Waals surface area contributed by atoms with Crippen LogP contribution in [0.4, 0.5) is 0 Å². The normalized spacial score (nSPS) is 37.7. The number of rotatable bonds is 5. The highest BCUT2D eigenvalue weighted by molar-refractivity contribution is 8.71. The van der Waals surface area contributed by atoms with Crippen molar-refractivity contribution in [2.45, 2.75) is 36.9 Å². The first-order chi connectivity index (χ1) is 8.26. The van der Waals surface area contributed by atoms with E-state index in [1.54, 1.807) is 0 Å². The Balaban J connectivity index is 2.54. The summed E-state index contributed by atoms with van der Waals surface area (Å²) >= 11 is 0. The van der Waals surface area contributed by atoms with Gasteiger partial charge in [0.25, 0.3) is 0 Å². The number of ether oxygens (including phenoxy) is 1. The summed E-state index contributed by atoms with van der Waals surface area (Å²) in [5, 5.41) is 37.7. The van der Waals surface area contributed by atoms with Gasteiger partial charge in [-0.25, -0.2) is 8.42 Å². The minimum absolute atomic E-state index is 0.194. The maximum Gasteiger partial charge on any atom is 0.198 e. The molecule has 0 aliphatic carbocycles. The van der Waals surface area contributed by atoms with Crippen molar-refractivity contribution < 1.29 is 33.6 Å². The highest BCUT2D eigenvalue weighted by atomic mass is 33.1. The lowest BCUT2D eigenvalue weighted by atomic mass is 9.94. The van der Waals surface area contributed by atoms with Gasteiger partial charge in [0.15, 0.2) is 8.87 Å². The molecule has 18 heavy (non-hydrogen) atoms. The van der Waals surface area contributed by atoms with E-state index in [1.165, 1.54) is 0 Å². The fourth-order valence-corrected chi connectivity index (χ4v) is 3.56. The highest BCUT2D eigenvalue weighted by Crippen LogP contribution is 2.25. The second-order valence-corrected chi connectivity index (χ2v) is 8.76. The van der Waals surface area contributed by atoms with E-state index in [0.29, 0.717) is 10.8 Å². The molecule has 0 saturated carbocycles. The number of aliphatic hydroxyl groups excluding tert-OH is 4. The second kappa shape index (κ2) is 6.51. The van der Waals surface area contributed by atoms with Crippen molar-refractivity contribution in [1.82, 2.24) is 0 Å². The van der Waals surface area contributed by atoms with Crippen LogP contribution in [0.5, 0.6) is 0 Å². The van der Waals surface area contributed by atoms with Crippen LogP contribution < -0.4 is 0 Å². The van der Waals surface area contributed by atoms with Crippen molar-refractivity contribution >= 4 is 19.7 Å². The van der Waals surface area contributed by atoms with Gasteiger partial charge in [-0.3, -0.25) is 0 Å². The summed E-state index contributed by atoms with van der Waals surface area (Å²) in [6.45, 7) is -0.485. The molecule has 0 spiro atoms. The first-order valence-electron chi connectivity index (χ1n) is 5.41. The average molecular weight is 302 g/mol. The van der Waals surface area contributed by atoms with E-state index in [0.717, 1.165) is 6.26 Å². The van der Waals surface area contributed by atoms with Gasteiger partial charge >= 0.3 is 0 Å². The third kappa shape index (κ3) is 4.34. The average Bonchev–Trinajstić information content (AvgIpc) is 2.27. The van der Waals surface area contributed by atoms with Crippen molar-refractivity contribution in [2.75, 3.05) is 18.6 Å². The molecule has 0 unspecified atom stereocenters. The van der Waals surface area contributed by atoms with Crippen LogP contribution in [0.1, 0.15) is 6.42 Å². The first kappa shape index (κ1) is 16.2. The Morgan fingerprint density at radius 2 is 1.67 bits per heavy atom. The fraction of sp³-hybridized carbons (Fsp3) is 1.00. The maximum absolute atomic E-state index is 10.9. The third-order valence-electron chi connectivity index (χ3n) is 2.69. The molecule has 1 aliphatic rings. The summed E-state index contributed by atoms with van der Waals surface area (Å²) in [6.07, 6.45) is -4.59. The minimum atomic E-state index is -3.17. The third-order valence-corrected chi connectivity index (χ3v) is 5.31. The van der Waals surface area contributed by atoms with Gasteiger partial charge in [-0.1, -0.05) is 0 Å². The van der Waals surface area contributed by atoms with Crippen LogP contribution >= 0.6 is 10.8 Å². The van der Waals surface area contributed by atoms with E-state index < -0.39 is 46.0 Å². The molecule has 5 atom stereocenters. The van der Waals surface area contributed by atoms with Gasteiger partial charge in [0, 0.05) is 12.0 Å². The largest absolute Gasteiger partial charge is 0.394 e. The summed E-state index contributed by atoms with van der Waals surface area (Å²) < 4.78 is 27.1. The van der Waals surface area contributed by atoms with Crippen LogP contribution in [0, 0.1) is 0 Å². The zero-order chi connectivity index (χ0) is 13.9. The fourth-order valence-electron chi connectivity index (χ4n) is 1.73. The van der Waals surface area contributed by atoms with E-state index in [2.05, 4.69) is 0 Å². The van der Waals surface area contributed by atoms with Gasteiger partial charge in [0.05, 0.1) is 12.7 Å². The SMILES string of the molecule is CS(=O)(=O)SCC[C@H]1O[C@H](CO)[C@@H](O)[C@H](O)[C@H]1O. The molecule has 0 aromatic carbocycles. The Bertz CT molecular complexity index is 356. The quantitative estimate of drug-likeness (QED) is 0.426. The summed E-state index contributed by atoms with van der Waals surface area (Å²) in [5.41, 5.74) is 0. The van der Waals surface area contributed by atoms with E-state index in [1.807, 2.05) is 0 Å². The molecule has 0 radical (unpaired) electrons. The lowest BCUT2D eigenvalue weighted by molar-refractivity contribution is -0.229. The van der Waals surface area contributed by atoms with Crippen LogP contribution in [-0.2, 0) is 13.6 Å². The number of hydrogen-bond acceptors (Lipinski definition) is 8. The van der Waals surface area contributed by atoms with Gasteiger partial charge in [0.2, 0.25) is 0 Å². The number of aliphatic hydroxyl groups is 4. The second-order valence-electron chi connectivity index (χ2n) is 4.18. The standard InChI is InChI=1S/C9H18O7S2/c1-18(14,15)17-3-2-5-7(11)9(13)8(12)6(4-10)16-5/h5-13H,2-4H2,1H3/t5-,6-,7+,8-,9-/m1/s1. The molecule has 0 bridgehead atoms. The van der Waals surface area contributed by atoms with Crippen LogP contribution in [-0.4, -0.2) is 78.0 Å². The van der Waals surface area contributed by atoms with Gasteiger partial charge in [0.1, 0.15) is 24.4 Å². The highest BCUT2D eigenvalue weighted by Gasteiger charge is 2.42. The van der Waals surface area contributed by atoms with Crippen LogP contribution in [0.25, 0.3) is 0 Å². The summed E-state index contributed by atoms with van der Waals surface area (Å²) in [6, 6.07) is 0. The van der Waals surface area contributed by atoms with Crippen LogP contribution in [0.2, 0.25) is 0 Å². The molecule has 1 fully saturated rings. The van der Waals surface area contributed by atoms with Crippen molar-refractivity contribution in [3.63, 3.8) is 0 Å². The molecule has 0 aromatic rings. The molecule has 1 heterocycles. The van der Waals surface area contributed by atoms with Gasteiger partial charge in [-0.2, -0.15) is 0 Å². The zero-order valence-electron chi connectivity index (χ0n) is 9.84. The van der Waals surface area contributed by atoms with Crippen molar-refractivity contribution in [3.05, 3.63) is 0 Å². The molecule has 1 rings (SSSR count). The van der Waals surface area contributed by atoms with Crippen molar-refractivity contribution in [1.29, 1.82) is 0 Å². The Morgan fingerprint density at radius 1 is 1.11 bits per heavy atom. The molecule has 7 nitrogen and oxygen atoms in total. The Labute approximate surface area is 109 Å².